The number of nitrogens with zero attached hydrogens (tertiary/aromatic N) is 4. The second-order valence-corrected chi connectivity index (χ2v) is 6.21. The van der Waals surface area contributed by atoms with Crippen LogP contribution in [0.4, 0.5) is 5.13 Å². The summed E-state index contributed by atoms with van der Waals surface area (Å²) in [6.45, 7) is 10.0. The molecule has 5 nitrogen and oxygen atoms in total. The van der Waals surface area contributed by atoms with Crippen molar-refractivity contribution in [2.45, 2.75) is 26.3 Å². The van der Waals surface area contributed by atoms with Crippen LogP contribution in [0.2, 0.25) is 0 Å². The molecule has 0 spiro atoms. The van der Waals surface area contributed by atoms with Crippen molar-refractivity contribution in [3.05, 3.63) is 5.01 Å². The fraction of sp³-hybridized carbons (Fsp3) is 0.833. The molecular weight excluding hydrogens is 246 g/mol. The number of anilines is 1. The minimum Gasteiger partial charge on any atom is -0.360 e. The standard InChI is InChI=1S/C12H23N5S/c1-10(17-8-6-16(3)7-9-17)4-5-13-12-15-14-11(2)18-12/h10H,4-9H2,1-3H3,(H,13,15)/t10-/m0/s1. The summed E-state index contributed by atoms with van der Waals surface area (Å²) in [6.07, 6.45) is 1.16. The van der Waals surface area contributed by atoms with Gasteiger partial charge in [0.25, 0.3) is 0 Å². The first-order valence-corrected chi connectivity index (χ1v) is 7.43. The summed E-state index contributed by atoms with van der Waals surface area (Å²) in [5.41, 5.74) is 0. The van der Waals surface area contributed by atoms with E-state index in [1.165, 1.54) is 26.2 Å². The maximum absolute atomic E-state index is 4.07. The van der Waals surface area contributed by atoms with Crippen molar-refractivity contribution in [1.82, 2.24) is 20.0 Å². The van der Waals surface area contributed by atoms with Gasteiger partial charge < -0.3 is 10.2 Å². The summed E-state index contributed by atoms with van der Waals surface area (Å²) >= 11 is 1.62. The molecule has 2 heterocycles. The Morgan fingerprint density at radius 1 is 1.28 bits per heavy atom. The molecule has 1 aromatic heterocycles. The number of aromatic nitrogens is 2. The van der Waals surface area contributed by atoms with Crippen LogP contribution >= 0.6 is 11.3 Å². The molecule has 1 aromatic rings. The van der Waals surface area contributed by atoms with Gasteiger partial charge in [0.2, 0.25) is 5.13 Å². The minimum absolute atomic E-state index is 0.639. The van der Waals surface area contributed by atoms with Crippen molar-refractivity contribution in [3.63, 3.8) is 0 Å². The molecule has 1 atom stereocenters. The maximum atomic E-state index is 4.07. The van der Waals surface area contributed by atoms with E-state index in [1.807, 2.05) is 6.92 Å². The van der Waals surface area contributed by atoms with E-state index in [2.05, 4.69) is 39.3 Å². The highest BCUT2D eigenvalue weighted by Crippen LogP contribution is 2.14. The predicted octanol–water partition coefficient (Wildman–Crippen LogP) is 1.28. The molecule has 0 aliphatic carbocycles. The van der Waals surface area contributed by atoms with Crippen LogP contribution in [-0.4, -0.2) is 65.8 Å². The van der Waals surface area contributed by atoms with Crippen molar-refractivity contribution < 1.29 is 0 Å². The van der Waals surface area contributed by atoms with E-state index >= 15 is 0 Å². The monoisotopic (exact) mass is 269 g/mol. The average molecular weight is 269 g/mol. The van der Waals surface area contributed by atoms with Crippen molar-refractivity contribution in [3.8, 4) is 0 Å². The zero-order chi connectivity index (χ0) is 13.0. The number of nitrogens with one attached hydrogen (secondary N) is 1. The molecule has 18 heavy (non-hydrogen) atoms. The molecule has 0 saturated carbocycles. The highest BCUT2D eigenvalue weighted by Gasteiger charge is 2.18. The third-order valence-electron chi connectivity index (χ3n) is 3.53. The summed E-state index contributed by atoms with van der Waals surface area (Å²) < 4.78 is 0. The summed E-state index contributed by atoms with van der Waals surface area (Å²) in [6, 6.07) is 0.639. The highest BCUT2D eigenvalue weighted by molar-refractivity contribution is 7.15. The number of likely N-dealkylation sites (N-methyl/N-ethyl adjacent to an activating group) is 1. The SMILES string of the molecule is Cc1nnc(NCC[C@H](C)N2CCN(C)CC2)s1. The van der Waals surface area contributed by atoms with E-state index in [-0.39, 0.29) is 0 Å². The van der Waals surface area contributed by atoms with Crippen molar-refractivity contribution in [2.75, 3.05) is 45.1 Å². The number of hydrogen-bond acceptors (Lipinski definition) is 6. The Kier molecular flexibility index (Phi) is 4.91. The average Bonchev–Trinajstić information content (AvgIpc) is 2.76. The maximum Gasteiger partial charge on any atom is 0.205 e. The van der Waals surface area contributed by atoms with Crippen LogP contribution < -0.4 is 5.32 Å². The van der Waals surface area contributed by atoms with Crippen LogP contribution in [-0.2, 0) is 0 Å². The first-order chi connectivity index (χ1) is 8.65. The molecule has 2 rings (SSSR count). The Hall–Kier alpha value is -0.720. The molecule has 1 N–H and O–H groups in total. The third-order valence-corrected chi connectivity index (χ3v) is 4.32. The van der Waals surface area contributed by atoms with Gasteiger partial charge in [0.1, 0.15) is 5.01 Å². The van der Waals surface area contributed by atoms with E-state index in [4.69, 9.17) is 0 Å². The molecule has 0 aromatic carbocycles. The van der Waals surface area contributed by atoms with Gasteiger partial charge in [0.15, 0.2) is 0 Å². The largest absolute Gasteiger partial charge is 0.360 e. The Morgan fingerprint density at radius 2 is 2.00 bits per heavy atom. The Labute approximate surface area is 113 Å². The fourth-order valence-electron chi connectivity index (χ4n) is 2.20. The molecule has 0 radical (unpaired) electrons. The molecule has 1 saturated heterocycles. The molecule has 0 unspecified atom stereocenters. The first-order valence-electron chi connectivity index (χ1n) is 6.61. The molecule has 1 aliphatic rings. The Morgan fingerprint density at radius 3 is 2.61 bits per heavy atom. The number of rotatable bonds is 5. The van der Waals surface area contributed by atoms with E-state index in [1.54, 1.807) is 11.3 Å². The highest BCUT2D eigenvalue weighted by atomic mass is 32.1. The number of aryl methyl sites for hydroxylation is 1. The van der Waals surface area contributed by atoms with Gasteiger partial charge >= 0.3 is 0 Å². The lowest BCUT2D eigenvalue weighted by Crippen LogP contribution is -2.48. The van der Waals surface area contributed by atoms with E-state index in [9.17, 15) is 0 Å². The lowest BCUT2D eigenvalue weighted by atomic mass is 10.2. The zero-order valence-corrected chi connectivity index (χ0v) is 12.3. The topological polar surface area (TPSA) is 44.3 Å². The van der Waals surface area contributed by atoms with Gasteiger partial charge in [-0.1, -0.05) is 11.3 Å². The lowest BCUT2D eigenvalue weighted by molar-refractivity contribution is 0.116. The lowest BCUT2D eigenvalue weighted by Gasteiger charge is -2.36. The van der Waals surface area contributed by atoms with Gasteiger partial charge in [-0.3, -0.25) is 4.90 Å². The smallest absolute Gasteiger partial charge is 0.205 e. The number of piperazine rings is 1. The van der Waals surface area contributed by atoms with Gasteiger partial charge in [-0.15, -0.1) is 10.2 Å². The summed E-state index contributed by atoms with van der Waals surface area (Å²) in [5.74, 6) is 0. The van der Waals surface area contributed by atoms with Gasteiger partial charge in [-0.25, -0.2) is 0 Å². The van der Waals surface area contributed by atoms with Crippen molar-refractivity contribution in [1.29, 1.82) is 0 Å². The normalized spacial score (nSPS) is 19.9. The molecular formula is C12H23N5S. The van der Waals surface area contributed by atoms with Crippen LogP contribution in [0, 0.1) is 6.92 Å². The minimum atomic E-state index is 0.639. The van der Waals surface area contributed by atoms with Crippen LogP contribution in [0.15, 0.2) is 0 Å². The number of hydrogen-bond donors (Lipinski definition) is 1. The Balaban J connectivity index is 1.67. The summed E-state index contributed by atoms with van der Waals surface area (Å²) in [5, 5.41) is 13.4. The van der Waals surface area contributed by atoms with E-state index in [0.717, 1.165) is 23.1 Å². The van der Waals surface area contributed by atoms with Crippen molar-refractivity contribution >= 4 is 16.5 Å². The first kappa shape index (κ1) is 13.7. The molecule has 0 bridgehead atoms. The third kappa shape index (κ3) is 3.90. The molecule has 0 amide bonds. The van der Waals surface area contributed by atoms with Crippen molar-refractivity contribution in [2.24, 2.45) is 0 Å². The van der Waals surface area contributed by atoms with Crippen LogP contribution in [0.5, 0.6) is 0 Å². The second kappa shape index (κ2) is 6.45. The molecule has 6 heteroatoms. The summed E-state index contributed by atoms with van der Waals surface area (Å²) in [4.78, 5) is 4.97. The predicted molar refractivity (Wildman–Crippen MR) is 76.3 cm³/mol. The zero-order valence-electron chi connectivity index (χ0n) is 11.5. The van der Waals surface area contributed by atoms with Crippen LogP contribution in [0.3, 0.4) is 0 Å². The molecule has 1 aliphatic heterocycles. The quantitative estimate of drug-likeness (QED) is 0.872. The molecule has 102 valence electrons. The van der Waals surface area contributed by atoms with Gasteiger partial charge in [0, 0.05) is 38.8 Å². The van der Waals surface area contributed by atoms with Crippen LogP contribution in [0.25, 0.3) is 0 Å². The van der Waals surface area contributed by atoms with E-state index < -0.39 is 0 Å². The van der Waals surface area contributed by atoms with E-state index in [0.29, 0.717) is 6.04 Å². The second-order valence-electron chi connectivity index (χ2n) is 5.03. The van der Waals surface area contributed by atoms with Crippen LogP contribution in [0.1, 0.15) is 18.4 Å². The Bertz CT molecular complexity index is 359. The van der Waals surface area contributed by atoms with Gasteiger partial charge in [-0.05, 0) is 27.3 Å². The van der Waals surface area contributed by atoms with Gasteiger partial charge in [0.05, 0.1) is 0 Å². The molecule has 1 fully saturated rings. The summed E-state index contributed by atoms with van der Waals surface area (Å²) in [7, 11) is 2.20. The fourth-order valence-corrected chi connectivity index (χ4v) is 2.82. The van der Waals surface area contributed by atoms with Gasteiger partial charge in [-0.2, -0.15) is 0 Å².